The van der Waals surface area contributed by atoms with Crippen molar-refractivity contribution in [3.63, 3.8) is 0 Å². The van der Waals surface area contributed by atoms with Crippen LogP contribution in [-0.4, -0.2) is 48.1 Å². The van der Waals surface area contributed by atoms with E-state index in [4.69, 9.17) is 27.9 Å². The van der Waals surface area contributed by atoms with Gasteiger partial charge in [-0.1, -0.05) is 23.2 Å². The molecule has 0 bridgehead atoms. The minimum absolute atomic E-state index is 0.00779. The van der Waals surface area contributed by atoms with E-state index >= 15 is 0 Å². The first-order valence-corrected chi connectivity index (χ1v) is 9.26. The Morgan fingerprint density at radius 2 is 2.00 bits per heavy atom. The van der Waals surface area contributed by atoms with Gasteiger partial charge in [-0.2, -0.15) is 0 Å². The SMILES string of the molecule is CC1CN(c2ccc(Cl)cc2Cl)CCN1C(=O)COCc1ccncc1. The van der Waals surface area contributed by atoms with Gasteiger partial charge in [-0.15, -0.1) is 0 Å². The van der Waals surface area contributed by atoms with Gasteiger partial charge in [0.05, 0.1) is 17.3 Å². The smallest absolute Gasteiger partial charge is 0.248 e. The number of rotatable bonds is 5. The summed E-state index contributed by atoms with van der Waals surface area (Å²) < 4.78 is 5.56. The number of benzene rings is 1. The third kappa shape index (κ3) is 4.67. The number of pyridine rings is 1. The highest BCUT2D eigenvalue weighted by Crippen LogP contribution is 2.30. The zero-order valence-electron chi connectivity index (χ0n) is 14.6. The summed E-state index contributed by atoms with van der Waals surface area (Å²) in [5.41, 5.74) is 1.95. The van der Waals surface area contributed by atoms with Crippen LogP contribution in [0, 0.1) is 0 Å². The molecular weight excluding hydrogens is 373 g/mol. The lowest BCUT2D eigenvalue weighted by Crippen LogP contribution is -2.55. The Bertz CT molecular complexity index is 758. The van der Waals surface area contributed by atoms with Gasteiger partial charge in [0.25, 0.3) is 0 Å². The number of aromatic nitrogens is 1. The van der Waals surface area contributed by atoms with Gasteiger partial charge in [0.1, 0.15) is 6.61 Å². The maximum absolute atomic E-state index is 12.5. The largest absolute Gasteiger partial charge is 0.367 e. The van der Waals surface area contributed by atoms with Crippen molar-refractivity contribution in [1.29, 1.82) is 0 Å². The molecule has 5 nitrogen and oxygen atoms in total. The number of piperazine rings is 1. The van der Waals surface area contributed by atoms with Crippen molar-refractivity contribution in [3.8, 4) is 0 Å². The monoisotopic (exact) mass is 393 g/mol. The van der Waals surface area contributed by atoms with Crippen LogP contribution < -0.4 is 4.90 Å². The van der Waals surface area contributed by atoms with Crippen LogP contribution in [0.25, 0.3) is 0 Å². The highest BCUT2D eigenvalue weighted by Gasteiger charge is 2.28. The summed E-state index contributed by atoms with van der Waals surface area (Å²) in [4.78, 5) is 20.5. The van der Waals surface area contributed by atoms with Crippen molar-refractivity contribution in [1.82, 2.24) is 9.88 Å². The minimum Gasteiger partial charge on any atom is -0.367 e. The second-order valence-electron chi connectivity index (χ2n) is 6.33. The number of amides is 1. The Balaban J connectivity index is 1.52. The van der Waals surface area contributed by atoms with Gasteiger partial charge >= 0.3 is 0 Å². The van der Waals surface area contributed by atoms with Crippen LogP contribution in [0.3, 0.4) is 0 Å². The highest BCUT2D eigenvalue weighted by molar-refractivity contribution is 6.36. The van der Waals surface area contributed by atoms with Gasteiger partial charge in [-0.05, 0) is 42.8 Å². The molecule has 0 N–H and O–H groups in total. The molecule has 1 aliphatic heterocycles. The molecule has 0 saturated carbocycles. The molecule has 0 radical (unpaired) electrons. The average Bonchev–Trinajstić information content (AvgIpc) is 2.62. The molecule has 3 rings (SSSR count). The zero-order chi connectivity index (χ0) is 18.5. The summed E-state index contributed by atoms with van der Waals surface area (Å²) in [6.07, 6.45) is 3.42. The van der Waals surface area contributed by atoms with Gasteiger partial charge in [-0.25, -0.2) is 0 Å². The van der Waals surface area contributed by atoms with E-state index in [-0.39, 0.29) is 18.6 Å². The number of hydrogen-bond donors (Lipinski definition) is 0. The Hall–Kier alpha value is -1.82. The molecule has 2 aromatic rings. The fourth-order valence-electron chi connectivity index (χ4n) is 3.10. The number of ether oxygens (including phenoxy) is 1. The highest BCUT2D eigenvalue weighted by atomic mass is 35.5. The minimum atomic E-state index is 0.00779. The number of halogens is 2. The van der Waals surface area contributed by atoms with Crippen molar-refractivity contribution in [3.05, 3.63) is 58.3 Å². The Kier molecular flexibility index (Phi) is 6.35. The zero-order valence-corrected chi connectivity index (χ0v) is 16.1. The summed E-state index contributed by atoms with van der Waals surface area (Å²) in [5.74, 6) is 0.00779. The van der Waals surface area contributed by atoms with E-state index in [0.717, 1.165) is 24.3 Å². The van der Waals surface area contributed by atoms with Gasteiger partial charge in [0.15, 0.2) is 0 Å². The first-order chi connectivity index (χ1) is 12.5. The van der Waals surface area contributed by atoms with Gasteiger partial charge in [-0.3, -0.25) is 9.78 Å². The molecule has 7 heteroatoms. The number of nitrogens with zero attached hydrogens (tertiary/aromatic N) is 3. The Morgan fingerprint density at radius 1 is 1.23 bits per heavy atom. The van der Waals surface area contributed by atoms with E-state index < -0.39 is 0 Å². The molecule has 1 unspecified atom stereocenters. The van der Waals surface area contributed by atoms with Crippen molar-refractivity contribution < 1.29 is 9.53 Å². The van der Waals surface area contributed by atoms with Gasteiger partial charge < -0.3 is 14.5 Å². The van der Waals surface area contributed by atoms with Crippen molar-refractivity contribution in [2.75, 3.05) is 31.1 Å². The molecule has 1 aromatic heterocycles. The lowest BCUT2D eigenvalue weighted by atomic mass is 10.1. The normalized spacial score (nSPS) is 17.4. The number of carbonyl (C=O) groups is 1. The predicted octanol–water partition coefficient (Wildman–Crippen LogP) is 3.64. The van der Waals surface area contributed by atoms with Gasteiger partial charge in [0.2, 0.25) is 5.91 Å². The van der Waals surface area contributed by atoms with E-state index in [1.54, 1.807) is 18.5 Å². The Morgan fingerprint density at radius 3 is 2.69 bits per heavy atom. The Labute approximate surface area is 163 Å². The summed E-state index contributed by atoms with van der Waals surface area (Å²) >= 11 is 12.3. The summed E-state index contributed by atoms with van der Waals surface area (Å²) in [5, 5.41) is 1.25. The molecule has 1 amide bonds. The molecule has 1 aliphatic rings. The fourth-order valence-corrected chi connectivity index (χ4v) is 3.63. The first kappa shape index (κ1) is 19.0. The van der Waals surface area contributed by atoms with Crippen LogP contribution in [-0.2, 0) is 16.1 Å². The van der Waals surface area contributed by atoms with E-state index in [1.165, 1.54) is 0 Å². The first-order valence-electron chi connectivity index (χ1n) is 8.50. The number of carbonyl (C=O) groups excluding carboxylic acids is 1. The molecular formula is C19H21Cl2N3O2. The van der Waals surface area contributed by atoms with Crippen molar-refractivity contribution in [2.24, 2.45) is 0 Å². The number of anilines is 1. The summed E-state index contributed by atoms with van der Waals surface area (Å²) in [6.45, 7) is 4.60. The van der Waals surface area contributed by atoms with E-state index in [2.05, 4.69) is 9.88 Å². The summed E-state index contributed by atoms with van der Waals surface area (Å²) in [6, 6.07) is 9.33. The van der Waals surface area contributed by atoms with E-state index in [0.29, 0.717) is 23.2 Å². The second kappa shape index (κ2) is 8.71. The maximum atomic E-state index is 12.5. The lowest BCUT2D eigenvalue weighted by molar-refractivity contribution is -0.139. The average molecular weight is 394 g/mol. The molecule has 138 valence electrons. The lowest BCUT2D eigenvalue weighted by Gasteiger charge is -2.41. The standard InChI is InChI=1S/C19H21Cl2N3O2/c1-14-11-23(18-3-2-16(20)10-17(18)21)8-9-24(14)19(25)13-26-12-15-4-6-22-7-5-15/h2-7,10,14H,8-9,11-13H2,1H3. The van der Waals surface area contributed by atoms with E-state index in [1.807, 2.05) is 36.1 Å². The molecule has 2 heterocycles. The number of hydrogen-bond acceptors (Lipinski definition) is 4. The molecule has 1 saturated heterocycles. The molecule has 1 atom stereocenters. The fraction of sp³-hybridized carbons (Fsp3) is 0.368. The molecule has 0 aliphatic carbocycles. The molecule has 1 fully saturated rings. The second-order valence-corrected chi connectivity index (χ2v) is 7.17. The molecule has 0 spiro atoms. The van der Waals surface area contributed by atoms with Crippen LogP contribution in [0.15, 0.2) is 42.7 Å². The third-order valence-corrected chi connectivity index (χ3v) is 4.98. The van der Waals surface area contributed by atoms with Crippen LogP contribution in [0.4, 0.5) is 5.69 Å². The van der Waals surface area contributed by atoms with Crippen molar-refractivity contribution >= 4 is 34.8 Å². The topological polar surface area (TPSA) is 45.7 Å². The predicted molar refractivity (Wildman–Crippen MR) is 104 cm³/mol. The van der Waals surface area contributed by atoms with Crippen LogP contribution in [0.1, 0.15) is 12.5 Å². The molecule has 1 aromatic carbocycles. The maximum Gasteiger partial charge on any atom is 0.248 e. The van der Waals surface area contributed by atoms with Crippen molar-refractivity contribution in [2.45, 2.75) is 19.6 Å². The van der Waals surface area contributed by atoms with Crippen LogP contribution in [0.5, 0.6) is 0 Å². The molecule has 26 heavy (non-hydrogen) atoms. The van der Waals surface area contributed by atoms with Gasteiger partial charge in [0, 0.05) is 43.1 Å². The van der Waals surface area contributed by atoms with Crippen LogP contribution in [0.2, 0.25) is 10.0 Å². The van der Waals surface area contributed by atoms with Crippen LogP contribution >= 0.6 is 23.2 Å². The van der Waals surface area contributed by atoms with E-state index in [9.17, 15) is 4.79 Å². The quantitative estimate of drug-likeness (QED) is 0.777. The third-order valence-electron chi connectivity index (χ3n) is 4.44. The summed E-state index contributed by atoms with van der Waals surface area (Å²) in [7, 11) is 0.